The lowest BCUT2D eigenvalue weighted by Crippen LogP contribution is -2.29. The molecule has 0 spiro atoms. The molecule has 0 amide bonds. The number of benzene rings is 1. The summed E-state index contributed by atoms with van der Waals surface area (Å²) in [6.45, 7) is 2.02. The SMILES string of the molecule is C[C@@H]1CCCC[C@@H]1OCC(=O)Oc1cccc(S(C)(=O)=O)c1. The molecule has 2 rings (SSSR count). The Morgan fingerprint density at radius 1 is 1.27 bits per heavy atom. The number of carbonyl (C=O) groups excluding carboxylic acids is 1. The molecule has 1 fully saturated rings. The molecule has 22 heavy (non-hydrogen) atoms. The van der Waals surface area contributed by atoms with Crippen LogP contribution < -0.4 is 4.74 Å². The molecule has 1 aliphatic rings. The monoisotopic (exact) mass is 326 g/mol. The third kappa shape index (κ3) is 4.81. The smallest absolute Gasteiger partial charge is 0.337 e. The van der Waals surface area contributed by atoms with E-state index in [2.05, 4.69) is 6.92 Å². The molecule has 5 nitrogen and oxygen atoms in total. The predicted octanol–water partition coefficient (Wildman–Crippen LogP) is 2.59. The maximum absolute atomic E-state index is 11.8. The summed E-state index contributed by atoms with van der Waals surface area (Å²) in [7, 11) is -3.32. The maximum atomic E-state index is 11.8. The van der Waals surface area contributed by atoms with Gasteiger partial charge in [-0.05, 0) is 37.0 Å². The van der Waals surface area contributed by atoms with Gasteiger partial charge in [0.1, 0.15) is 12.4 Å². The van der Waals surface area contributed by atoms with Gasteiger partial charge in [-0.1, -0.05) is 25.8 Å². The van der Waals surface area contributed by atoms with E-state index in [4.69, 9.17) is 9.47 Å². The predicted molar refractivity (Wildman–Crippen MR) is 82.6 cm³/mol. The number of hydrogen-bond acceptors (Lipinski definition) is 5. The van der Waals surface area contributed by atoms with E-state index in [-0.39, 0.29) is 23.4 Å². The van der Waals surface area contributed by atoms with Gasteiger partial charge < -0.3 is 9.47 Å². The minimum absolute atomic E-state index is 0.101. The highest BCUT2D eigenvalue weighted by Crippen LogP contribution is 2.26. The Kier molecular flexibility index (Phi) is 5.58. The molecule has 0 heterocycles. The van der Waals surface area contributed by atoms with E-state index < -0.39 is 15.8 Å². The molecule has 0 saturated heterocycles. The van der Waals surface area contributed by atoms with Crippen LogP contribution in [0.15, 0.2) is 29.2 Å². The van der Waals surface area contributed by atoms with E-state index in [0.29, 0.717) is 5.92 Å². The topological polar surface area (TPSA) is 69.7 Å². The molecule has 1 aromatic rings. The van der Waals surface area contributed by atoms with E-state index in [1.165, 1.54) is 18.6 Å². The molecule has 6 heteroatoms. The lowest BCUT2D eigenvalue weighted by atomic mass is 9.88. The Morgan fingerprint density at radius 3 is 2.68 bits per heavy atom. The van der Waals surface area contributed by atoms with Crippen molar-refractivity contribution in [3.63, 3.8) is 0 Å². The largest absolute Gasteiger partial charge is 0.425 e. The second-order valence-electron chi connectivity index (χ2n) is 5.83. The third-order valence-electron chi connectivity index (χ3n) is 3.91. The van der Waals surface area contributed by atoms with E-state index in [9.17, 15) is 13.2 Å². The standard InChI is InChI=1S/C16H22O5S/c1-12-6-3-4-9-15(12)20-11-16(17)21-13-7-5-8-14(10-13)22(2,18)19/h5,7-8,10,12,15H,3-4,6,9,11H2,1-2H3/t12-,15+/m1/s1. The normalized spacial score (nSPS) is 22.3. The first-order valence-electron chi connectivity index (χ1n) is 7.48. The summed E-state index contributed by atoms with van der Waals surface area (Å²) in [6.07, 6.45) is 5.64. The molecule has 0 N–H and O–H groups in total. The Bertz CT molecular complexity index is 623. The first-order chi connectivity index (χ1) is 10.4. The van der Waals surface area contributed by atoms with Crippen LogP contribution in [-0.4, -0.2) is 33.4 Å². The molecule has 1 saturated carbocycles. The van der Waals surface area contributed by atoms with Gasteiger partial charge in [0, 0.05) is 6.26 Å². The molecular weight excluding hydrogens is 304 g/mol. The third-order valence-corrected chi connectivity index (χ3v) is 5.02. The number of carbonyl (C=O) groups is 1. The summed E-state index contributed by atoms with van der Waals surface area (Å²) in [5.41, 5.74) is 0. The minimum Gasteiger partial charge on any atom is -0.425 e. The molecule has 0 bridgehead atoms. The van der Waals surface area contributed by atoms with E-state index in [1.54, 1.807) is 12.1 Å². The molecule has 0 aliphatic heterocycles. The summed E-state index contributed by atoms with van der Waals surface area (Å²) in [4.78, 5) is 12.0. The van der Waals surface area contributed by atoms with Crippen molar-refractivity contribution >= 4 is 15.8 Å². The molecule has 1 aromatic carbocycles. The molecule has 0 aromatic heterocycles. The second kappa shape index (κ2) is 7.24. The van der Waals surface area contributed by atoms with Crippen molar-refractivity contribution in [2.24, 2.45) is 5.92 Å². The summed E-state index contributed by atoms with van der Waals surface area (Å²) in [6, 6.07) is 5.90. The Balaban J connectivity index is 1.89. The Hall–Kier alpha value is -1.40. The average Bonchev–Trinajstić information content (AvgIpc) is 2.46. The second-order valence-corrected chi connectivity index (χ2v) is 7.85. The van der Waals surface area contributed by atoms with E-state index in [1.807, 2.05) is 0 Å². The van der Waals surface area contributed by atoms with Crippen LogP contribution in [0.25, 0.3) is 0 Å². The van der Waals surface area contributed by atoms with Gasteiger partial charge in [0.2, 0.25) is 0 Å². The number of ether oxygens (including phenoxy) is 2. The van der Waals surface area contributed by atoms with Gasteiger partial charge in [-0.2, -0.15) is 0 Å². The Labute approximate surface area is 131 Å². The van der Waals surface area contributed by atoms with Crippen LogP contribution >= 0.6 is 0 Å². The summed E-state index contributed by atoms with van der Waals surface area (Å²) in [5, 5.41) is 0. The summed E-state index contributed by atoms with van der Waals surface area (Å²) >= 11 is 0. The first kappa shape index (κ1) is 17.0. The zero-order chi connectivity index (χ0) is 16.2. The number of hydrogen-bond donors (Lipinski definition) is 0. The quantitative estimate of drug-likeness (QED) is 0.614. The van der Waals surface area contributed by atoms with Crippen LogP contribution in [0.3, 0.4) is 0 Å². The van der Waals surface area contributed by atoms with Crippen LogP contribution in [0.1, 0.15) is 32.6 Å². The molecule has 0 radical (unpaired) electrons. The van der Waals surface area contributed by atoms with Crippen LogP contribution in [0.2, 0.25) is 0 Å². The van der Waals surface area contributed by atoms with E-state index in [0.717, 1.165) is 25.5 Å². The van der Waals surface area contributed by atoms with Crippen molar-refractivity contribution in [1.82, 2.24) is 0 Å². The van der Waals surface area contributed by atoms with Gasteiger partial charge in [-0.25, -0.2) is 13.2 Å². The van der Waals surface area contributed by atoms with Crippen LogP contribution in [-0.2, 0) is 19.4 Å². The summed E-state index contributed by atoms with van der Waals surface area (Å²) < 4.78 is 33.7. The highest BCUT2D eigenvalue weighted by atomic mass is 32.2. The highest BCUT2D eigenvalue weighted by molar-refractivity contribution is 7.90. The fourth-order valence-electron chi connectivity index (χ4n) is 2.63. The van der Waals surface area contributed by atoms with Gasteiger partial charge in [0.15, 0.2) is 9.84 Å². The maximum Gasteiger partial charge on any atom is 0.337 e. The fourth-order valence-corrected chi connectivity index (χ4v) is 3.29. The van der Waals surface area contributed by atoms with Crippen molar-refractivity contribution in [3.8, 4) is 5.75 Å². The number of rotatable bonds is 5. The van der Waals surface area contributed by atoms with Crippen molar-refractivity contribution in [2.45, 2.75) is 43.6 Å². The van der Waals surface area contributed by atoms with Crippen LogP contribution in [0.5, 0.6) is 5.75 Å². The van der Waals surface area contributed by atoms with Gasteiger partial charge in [-0.15, -0.1) is 0 Å². The van der Waals surface area contributed by atoms with Crippen molar-refractivity contribution in [2.75, 3.05) is 12.9 Å². The van der Waals surface area contributed by atoms with E-state index >= 15 is 0 Å². The van der Waals surface area contributed by atoms with Gasteiger partial charge in [-0.3, -0.25) is 0 Å². The van der Waals surface area contributed by atoms with Gasteiger partial charge >= 0.3 is 5.97 Å². The molecule has 2 atom stereocenters. The molecular formula is C16H22O5S. The van der Waals surface area contributed by atoms with Gasteiger partial charge in [0.05, 0.1) is 11.0 Å². The lowest BCUT2D eigenvalue weighted by molar-refractivity contribution is -0.143. The number of sulfone groups is 1. The lowest BCUT2D eigenvalue weighted by Gasteiger charge is -2.28. The molecule has 0 unspecified atom stereocenters. The molecule has 1 aliphatic carbocycles. The fraction of sp³-hybridized carbons (Fsp3) is 0.562. The average molecular weight is 326 g/mol. The zero-order valence-corrected chi connectivity index (χ0v) is 13.8. The molecule has 122 valence electrons. The van der Waals surface area contributed by atoms with Gasteiger partial charge in [0.25, 0.3) is 0 Å². The first-order valence-corrected chi connectivity index (χ1v) is 9.38. The zero-order valence-electron chi connectivity index (χ0n) is 12.9. The minimum atomic E-state index is -3.32. The summed E-state index contributed by atoms with van der Waals surface area (Å²) in [5.74, 6) is 0.159. The van der Waals surface area contributed by atoms with Crippen LogP contribution in [0, 0.1) is 5.92 Å². The van der Waals surface area contributed by atoms with Crippen molar-refractivity contribution in [1.29, 1.82) is 0 Å². The number of esters is 1. The van der Waals surface area contributed by atoms with Crippen molar-refractivity contribution in [3.05, 3.63) is 24.3 Å². The Morgan fingerprint density at radius 2 is 2.00 bits per heavy atom. The highest BCUT2D eigenvalue weighted by Gasteiger charge is 2.23. The van der Waals surface area contributed by atoms with Crippen molar-refractivity contribution < 1.29 is 22.7 Å². The van der Waals surface area contributed by atoms with Crippen LogP contribution in [0.4, 0.5) is 0 Å².